The van der Waals surface area contributed by atoms with Gasteiger partial charge in [-0.3, -0.25) is 15.0 Å². The number of alkyl halides is 6. The molecule has 10 nitrogen and oxygen atoms in total. The number of carbonyl (C=O) groups is 2. The summed E-state index contributed by atoms with van der Waals surface area (Å²) in [5, 5.41) is 2.77. The zero-order valence-corrected chi connectivity index (χ0v) is 20.5. The molecule has 16 heteroatoms. The van der Waals surface area contributed by atoms with E-state index in [-0.39, 0.29) is 50.1 Å². The summed E-state index contributed by atoms with van der Waals surface area (Å²) < 4.78 is 83.7. The fourth-order valence-corrected chi connectivity index (χ4v) is 5.30. The van der Waals surface area contributed by atoms with Gasteiger partial charge in [0.1, 0.15) is 0 Å². The predicted octanol–water partition coefficient (Wildman–Crippen LogP) is 1.24. The lowest BCUT2D eigenvalue weighted by Crippen LogP contribution is -2.64. The van der Waals surface area contributed by atoms with Crippen molar-refractivity contribution in [1.29, 1.82) is 0 Å². The number of aromatic nitrogens is 2. The number of hydrogen-bond donors (Lipinski definition) is 3. The first kappa shape index (κ1) is 28.3. The number of ether oxygens (including phenoxy) is 1. The average Bonchev–Trinajstić information content (AvgIpc) is 3.43. The molecule has 3 aliphatic rings. The van der Waals surface area contributed by atoms with E-state index in [1.165, 1.54) is 0 Å². The topological polar surface area (TPSA) is 112 Å². The van der Waals surface area contributed by atoms with Gasteiger partial charge in [0.25, 0.3) is 0 Å². The molecule has 1 aromatic rings. The van der Waals surface area contributed by atoms with Crippen molar-refractivity contribution in [2.45, 2.75) is 62.7 Å². The van der Waals surface area contributed by atoms with E-state index >= 15 is 0 Å². The highest BCUT2D eigenvalue weighted by Gasteiger charge is 2.51. The van der Waals surface area contributed by atoms with E-state index in [9.17, 15) is 35.9 Å². The minimum absolute atomic E-state index is 0.0427. The maximum Gasteiger partial charge on any atom is 0.419 e. The van der Waals surface area contributed by atoms with Crippen molar-refractivity contribution in [2.24, 2.45) is 5.92 Å². The predicted molar refractivity (Wildman–Crippen MR) is 120 cm³/mol. The van der Waals surface area contributed by atoms with Gasteiger partial charge in [-0.25, -0.2) is 15.4 Å². The number of rotatable bonds is 8. The molecule has 0 aliphatic carbocycles. The molecule has 0 aromatic carbocycles. The maximum absolute atomic E-state index is 13.3. The normalized spacial score (nSPS) is 26.9. The van der Waals surface area contributed by atoms with Crippen LogP contribution in [-0.2, 0) is 20.5 Å². The summed E-state index contributed by atoms with van der Waals surface area (Å²) in [4.78, 5) is 35.8. The molecule has 3 N–H and O–H groups in total. The fourth-order valence-electron chi connectivity index (χ4n) is 5.30. The zero-order chi connectivity index (χ0) is 27.7. The van der Waals surface area contributed by atoms with Crippen LogP contribution < -0.4 is 21.1 Å². The molecule has 1 aromatic heterocycles. The second-order valence-corrected chi connectivity index (χ2v) is 9.65. The van der Waals surface area contributed by atoms with Crippen LogP contribution >= 0.6 is 0 Å². The summed E-state index contributed by atoms with van der Waals surface area (Å²) in [7, 11) is 0. The van der Waals surface area contributed by atoms with Crippen LogP contribution in [0.25, 0.3) is 0 Å². The summed E-state index contributed by atoms with van der Waals surface area (Å²) in [5.41, 5.74) is 3.51. The van der Waals surface area contributed by atoms with Crippen LogP contribution in [0.15, 0.2) is 12.4 Å². The number of halogens is 6. The lowest BCUT2D eigenvalue weighted by Gasteiger charge is -2.35. The Morgan fingerprint density at radius 1 is 1.16 bits per heavy atom. The molecule has 5 atom stereocenters. The second kappa shape index (κ2) is 11.2. The average molecular weight is 554 g/mol. The Kier molecular flexibility index (Phi) is 8.32. The third-order valence-corrected chi connectivity index (χ3v) is 7.02. The second-order valence-electron chi connectivity index (χ2n) is 9.65. The summed E-state index contributed by atoms with van der Waals surface area (Å²) in [5.74, 6) is -3.28. The van der Waals surface area contributed by atoms with Crippen LogP contribution in [0.4, 0.5) is 32.3 Å². The summed E-state index contributed by atoms with van der Waals surface area (Å²) in [6.45, 7) is 2.63. The summed E-state index contributed by atoms with van der Waals surface area (Å²) in [6, 6.07) is -1.87. The molecule has 3 fully saturated rings. The highest BCUT2D eigenvalue weighted by Crippen LogP contribution is 2.35. The van der Waals surface area contributed by atoms with Gasteiger partial charge in [-0.1, -0.05) is 0 Å². The molecule has 3 saturated heterocycles. The van der Waals surface area contributed by atoms with Crippen molar-refractivity contribution in [1.82, 2.24) is 31.0 Å². The highest BCUT2D eigenvalue weighted by molar-refractivity contribution is 5.80. The smallest absolute Gasteiger partial charge is 0.379 e. The Morgan fingerprint density at radius 2 is 1.84 bits per heavy atom. The number of likely N-dealkylation sites (tertiary alicyclic amines) is 1. The third-order valence-electron chi connectivity index (χ3n) is 7.02. The fraction of sp³-hybridized carbons (Fsp3) is 0.727. The van der Waals surface area contributed by atoms with E-state index < -0.39 is 41.8 Å². The van der Waals surface area contributed by atoms with Gasteiger partial charge < -0.3 is 19.9 Å². The molecule has 4 rings (SSSR count). The lowest BCUT2D eigenvalue weighted by molar-refractivity contribution is -0.193. The highest BCUT2D eigenvalue weighted by atomic mass is 19.4. The number of hydrazine groups is 1. The lowest BCUT2D eigenvalue weighted by atomic mass is 9.96. The van der Waals surface area contributed by atoms with Gasteiger partial charge in [-0.2, -0.15) is 26.3 Å². The van der Waals surface area contributed by atoms with Crippen molar-refractivity contribution >= 4 is 17.8 Å². The Balaban J connectivity index is 1.21. The van der Waals surface area contributed by atoms with Gasteiger partial charge in [-0.15, -0.1) is 0 Å². The third kappa shape index (κ3) is 6.29. The molecule has 4 heterocycles. The first-order valence-electron chi connectivity index (χ1n) is 12.2. The standard InChI is InChI=1S/C22H29F6N7O3/c1-12(32-14-10-31-33-19(37)18(14)22(26,27)28)11-38-7-4-17(36)34-5-2-16-15(34)3-6-35(16)20-29-8-13(9-30-20)21(23,24)25/h8-9,12,14-16,18,31-32H,2-7,10-11H2,1H3,(H,33,37)/t12-,14?,15+,16+,18?/m0/s1. The van der Waals surface area contributed by atoms with Crippen LogP contribution in [0.5, 0.6) is 0 Å². The van der Waals surface area contributed by atoms with Crippen LogP contribution in [0.1, 0.15) is 31.7 Å². The number of fused-ring (bicyclic) bond motifs is 1. The van der Waals surface area contributed by atoms with Gasteiger partial charge in [0.15, 0.2) is 5.92 Å². The van der Waals surface area contributed by atoms with Crippen molar-refractivity contribution < 1.29 is 40.7 Å². The van der Waals surface area contributed by atoms with Crippen LogP contribution in [-0.4, -0.2) is 89.9 Å². The SMILES string of the molecule is C[C@@H](COCCC(=O)N1CC[C@@H]2[C@H]1CCN2c1ncc(C(F)(F)F)cn1)NC1CNNC(=O)C1C(F)(F)F. The molecule has 3 aliphatic heterocycles. The number of anilines is 1. The molecule has 212 valence electrons. The molecule has 2 unspecified atom stereocenters. The number of nitrogens with zero attached hydrogens (tertiary/aromatic N) is 4. The van der Waals surface area contributed by atoms with E-state index in [4.69, 9.17) is 4.74 Å². The molecule has 0 saturated carbocycles. The molecule has 0 spiro atoms. The van der Waals surface area contributed by atoms with E-state index in [1.54, 1.807) is 11.8 Å². The minimum atomic E-state index is -4.70. The van der Waals surface area contributed by atoms with Crippen molar-refractivity contribution in [2.75, 3.05) is 37.7 Å². The Hall–Kier alpha value is -2.72. The molecular formula is C22H29F6N7O3. The Bertz CT molecular complexity index is 993. The summed E-state index contributed by atoms with van der Waals surface area (Å²) in [6.07, 6.45) is -6.37. The molecule has 2 amide bonds. The molecular weight excluding hydrogens is 524 g/mol. The van der Waals surface area contributed by atoms with Gasteiger partial charge in [0.2, 0.25) is 17.8 Å². The number of hydrogen-bond acceptors (Lipinski definition) is 8. The van der Waals surface area contributed by atoms with Crippen LogP contribution in [0.3, 0.4) is 0 Å². The zero-order valence-electron chi connectivity index (χ0n) is 20.5. The van der Waals surface area contributed by atoms with Gasteiger partial charge in [0.05, 0.1) is 37.3 Å². The number of nitrogens with one attached hydrogen (secondary N) is 3. The molecule has 38 heavy (non-hydrogen) atoms. The van der Waals surface area contributed by atoms with E-state index in [1.807, 2.05) is 10.3 Å². The van der Waals surface area contributed by atoms with E-state index in [0.717, 1.165) is 12.4 Å². The quantitative estimate of drug-likeness (QED) is 0.326. The maximum atomic E-state index is 13.3. The van der Waals surface area contributed by atoms with Crippen molar-refractivity contribution in [3.8, 4) is 0 Å². The molecule has 0 radical (unpaired) electrons. The first-order valence-corrected chi connectivity index (χ1v) is 12.2. The van der Waals surface area contributed by atoms with Crippen LogP contribution in [0, 0.1) is 5.92 Å². The number of amides is 2. The Labute approximate surface area is 214 Å². The first-order chi connectivity index (χ1) is 17.9. The van der Waals surface area contributed by atoms with Crippen molar-refractivity contribution in [3.63, 3.8) is 0 Å². The van der Waals surface area contributed by atoms with Crippen LogP contribution in [0.2, 0.25) is 0 Å². The van der Waals surface area contributed by atoms with E-state index in [0.29, 0.717) is 25.9 Å². The largest absolute Gasteiger partial charge is 0.419 e. The summed E-state index contributed by atoms with van der Waals surface area (Å²) >= 11 is 0. The van der Waals surface area contributed by atoms with Gasteiger partial charge in [0, 0.05) is 44.1 Å². The monoisotopic (exact) mass is 553 g/mol. The van der Waals surface area contributed by atoms with Crippen molar-refractivity contribution in [3.05, 3.63) is 18.0 Å². The Morgan fingerprint density at radius 3 is 2.50 bits per heavy atom. The van der Waals surface area contributed by atoms with Gasteiger partial charge >= 0.3 is 12.4 Å². The van der Waals surface area contributed by atoms with Gasteiger partial charge in [-0.05, 0) is 19.8 Å². The number of carbonyl (C=O) groups excluding carboxylic acids is 2. The molecule has 0 bridgehead atoms. The minimum Gasteiger partial charge on any atom is -0.379 e. The van der Waals surface area contributed by atoms with E-state index in [2.05, 4.69) is 20.7 Å².